The Labute approximate surface area is 247 Å². The largest absolute Gasteiger partial charge is 0.455 e. The van der Waals surface area contributed by atoms with Gasteiger partial charge in [-0.1, -0.05) is 86.1 Å². The molecule has 5 aromatic rings. The number of benzene rings is 4. The highest BCUT2D eigenvalue weighted by molar-refractivity contribution is 6.13. The van der Waals surface area contributed by atoms with Gasteiger partial charge < -0.3 is 20.4 Å². The van der Waals surface area contributed by atoms with Crippen LogP contribution in [0.25, 0.3) is 33.4 Å². The van der Waals surface area contributed by atoms with Crippen LogP contribution in [-0.2, 0) is 5.41 Å². The smallest absolute Gasteiger partial charge is 0.255 e. The number of furan rings is 1. The van der Waals surface area contributed by atoms with E-state index in [4.69, 9.17) is 4.42 Å². The Kier molecular flexibility index (Phi) is 8.16. The predicted molar refractivity (Wildman–Crippen MR) is 171 cm³/mol. The first-order valence-electron chi connectivity index (χ1n) is 14.3. The van der Waals surface area contributed by atoms with Gasteiger partial charge >= 0.3 is 0 Å². The van der Waals surface area contributed by atoms with Crippen molar-refractivity contribution in [2.75, 3.05) is 25.5 Å². The summed E-state index contributed by atoms with van der Waals surface area (Å²) in [6.45, 7) is 9.49. The van der Waals surface area contributed by atoms with E-state index >= 15 is 0 Å². The molecular formula is C36H37N3O3. The fraction of sp³-hybridized carbons (Fsp3) is 0.222. The van der Waals surface area contributed by atoms with E-state index in [0.717, 1.165) is 27.9 Å². The molecular weight excluding hydrogens is 522 g/mol. The molecule has 0 saturated heterocycles. The summed E-state index contributed by atoms with van der Waals surface area (Å²) < 4.78 is 6.32. The van der Waals surface area contributed by atoms with Gasteiger partial charge in [-0.05, 0) is 43.2 Å². The van der Waals surface area contributed by atoms with E-state index in [1.54, 1.807) is 7.05 Å². The van der Waals surface area contributed by atoms with Gasteiger partial charge in [0.2, 0.25) is 0 Å². The maximum absolute atomic E-state index is 13.3. The molecule has 1 heterocycles. The normalized spacial score (nSPS) is 11.4. The van der Waals surface area contributed by atoms with Crippen LogP contribution in [0.3, 0.4) is 0 Å². The van der Waals surface area contributed by atoms with Crippen molar-refractivity contribution in [3.05, 3.63) is 113 Å². The molecule has 0 atom stereocenters. The van der Waals surface area contributed by atoms with Crippen LogP contribution in [0.2, 0.25) is 0 Å². The fourth-order valence-corrected chi connectivity index (χ4v) is 5.20. The Balaban J connectivity index is 1.54. The van der Waals surface area contributed by atoms with Crippen molar-refractivity contribution in [3.63, 3.8) is 0 Å². The Hall–Kier alpha value is -4.84. The van der Waals surface area contributed by atoms with Gasteiger partial charge in [0.15, 0.2) is 0 Å². The van der Waals surface area contributed by atoms with Crippen molar-refractivity contribution in [1.29, 1.82) is 0 Å². The van der Waals surface area contributed by atoms with Gasteiger partial charge in [-0.25, -0.2) is 0 Å². The van der Waals surface area contributed by atoms with Crippen molar-refractivity contribution in [1.82, 2.24) is 10.6 Å². The quantitative estimate of drug-likeness (QED) is 0.174. The molecule has 214 valence electrons. The molecule has 0 spiro atoms. The van der Waals surface area contributed by atoms with Crippen LogP contribution in [0.5, 0.6) is 0 Å². The van der Waals surface area contributed by atoms with Crippen LogP contribution < -0.4 is 16.0 Å². The van der Waals surface area contributed by atoms with E-state index in [0.29, 0.717) is 40.9 Å². The first-order chi connectivity index (χ1) is 20.2. The number of anilines is 1. The van der Waals surface area contributed by atoms with Crippen molar-refractivity contribution < 1.29 is 14.0 Å². The number of rotatable bonds is 9. The highest BCUT2D eigenvalue weighted by Crippen LogP contribution is 2.40. The number of carbonyl (C=O) groups excluding carboxylic acids is 2. The highest BCUT2D eigenvalue weighted by Gasteiger charge is 2.24. The van der Waals surface area contributed by atoms with E-state index in [-0.39, 0.29) is 17.2 Å². The van der Waals surface area contributed by atoms with Crippen molar-refractivity contribution >= 4 is 28.5 Å². The molecule has 0 unspecified atom stereocenters. The molecule has 0 aliphatic rings. The minimum atomic E-state index is -0.222. The molecule has 6 heteroatoms. The van der Waals surface area contributed by atoms with E-state index in [9.17, 15) is 9.59 Å². The number of amides is 2. The lowest BCUT2D eigenvalue weighted by Crippen LogP contribution is -2.36. The number of fused-ring (bicyclic) bond motifs is 1. The topological polar surface area (TPSA) is 83.4 Å². The number of nitrogens with one attached hydrogen (secondary N) is 3. The molecule has 6 nitrogen and oxygen atoms in total. The summed E-state index contributed by atoms with van der Waals surface area (Å²) in [5.41, 5.74) is 7.18. The summed E-state index contributed by atoms with van der Waals surface area (Å²) in [7, 11) is 1.62. The van der Waals surface area contributed by atoms with Gasteiger partial charge in [0, 0.05) is 59.4 Å². The minimum Gasteiger partial charge on any atom is -0.455 e. The van der Waals surface area contributed by atoms with Crippen LogP contribution in [0.4, 0.5) is 5.69 Å². The molecule has 0 fully saturated rings. The van der Waals surface area contributed by atoms with Crippen LogP contribution in [-0.4, -0.2) is 32.0 Å². The van der Waals surface area contributed by atoms with Gasteiger partial charge in [-0.3, -0.25) is 9.59 Å². The van der Waals surface area contributed by atoms with Crippen LogP contribution in [0.1, 0.15) is 52.6 Å². The fourth-order valence-electron chi connectivity index (χ4n) is 5.20. The Morgan fingerprint density at radius 1 is 0.833 bits per heavy atom. The summed E-state index contributed by atoms with van der Waals surface area (Å²) in [6, 6.07) is 29.6. The summed E-state index contributed by atoms with van der Waals surface area (Å²) >= 11 is 0. The minimum absolute atomic E-state index is 0.136. The van der Waals surface area contributed by atoms with Gasteiger partial charge in [0.05, 0.1) is 5.56 Å². The van der Waals surface area contributed by atoms with Crippen molar-refractivity contribution in [2.45, 2.75) is 33.1 Å². The second-order valence-electron chi connectivity index (χ2n) is 11.2. The third-order valence-electron chi connectivity index (χ3n) is 7.65. The molecule has 0 aliphatic carbocycles. The van der Waals surface area contributed by atoms with E-state index in [2.05, 4.69) is 41.9 Å². The summed E-state index contributed by atoms with van der Waals surface area (Å²) in [6.07, 6.45) is 0. The number of hydrogen-bond acceptors (Lipinski definition) is 4. The zero-order valence-electron chi connectivity index (χ0n) is 24.8. The molecule has 0 radical (unpaired) electrons. The molecule has 0 saturated carbocycles. The zero-order valence-corrected chi connectivity index (χ0v) is 24.8. The molecule has 2 amide bonds. The van der Waals surface area contributed by atoms with E-state index < -0.39 is 0 Å². The average Bonchev–Trinajstić information content (AvgIpc) is 3.38. The maximum Gasteiger partial charge on any atom is 0.255 e. The maximum atomic E-state index is 13.3. The zero-order chi connectivity index (χ0) is 29.9. The first kappa shape index (κ1) is 28.7. The summed E-state index contributed by atoms with van der Waals surface area (Å²) in [5.74, 6) is 0.168. The molecule has 42 heavy (non-hydrogen) atoms. The highest BCUT2D eigenvalue weighted by atomic mass is 16.3. The predicted octanol–water partition coefficient (Wildman–Crippen LogP) is 7.57. The van der Waals surface area contributed by atoms with Crippen molar-refractivity contribution in [3.8, 4) is 22.5 Å². The first-order valence-corrected chi connectivity index (χ1v) is 14.3. The van der Waals surface area contributed by atoms with Crippen molar-refractivity contribution in [2.24, 2.45) is 0 Å². The molecule has 5 rings (SSSR count). The lowest BCUT2D eigenvalue weighted by molar-refractivity contribution is 0.0943. The molecule has 4 aromatic carbocycles. The average molecular weight is 560 g/mol. The summed E-state index contributed by atoms with van der Waals surface area (Å²) in [4.78, 5) is 26.5. The van der Waals surface area contributed by atoms with E-state index in [1.165, 1.54) is 5.56 Å². The van der Waals surface area contributed by atoms with Gasteiger partial charge in [0.1, 0.15) is 11.3 Å². The van der Waals surface area contributed by atoms with Crippen LogP contribution in [0.15, 0.2) is 95.4 Å². The molecule has 0 aliphatic heterocycles. The Morgan fingerprint density at radius 3 is 2.26 bits per heavy atom. The molecule has 0 bridgehead atoms. The second-order valence-corrected chi connectivity index (χ2v) is 11.2. The van der Waals surface area contributed by atoms with Gasteiger partial charge in [-0.15, -0.1) is 0 Å². The molecule has 3 N–H and O–H groups in total. The standard InChI is InChI=1S/C36H37N3O3/c1-6-38-30-21-31-29(32(35(41)37-5)33(42-31)24-17-15-23(2)16-18-24)20-28(30)25-11-10-12-26(19-25)34(40)39-22-36(3,4)27-13-8-7-9-14-27/h7-21,38H,6,22H2,1-5H3,(H,37,41)(H,39,40). The molecule has 1 aromatic heterocycles. The third kappa shape index (κ3) is 5.79. The van der Waals surface area contributed by atoms with Gasteiger partial charge in [-0.2, -0.15) is 0 Å². The Bertz CT molecular complexity index is 1730. The second kappa shape index (κ2) is 12.0. The lowest BCUT2D eigenvalue weighted by atomic mass is 9.84. The monoisotopic (exact) mass is 559 g/mol. The van der Waals surface area contributed by atoms with E-state index in [1.807, 2.05) is 92.7 Å². The number of carbonyl (C=O) groups is 2. The third-order valence-corrected chi connectivity index (χ3v) is 7.65. The van der Waals surface area contributed by atoms with Gasteiger partial charge in [0.25, 0.3) is 11.8 Å². The number of hydrogen-bond donors (Lipinski definition) is 3. The van der Waals surface area contributed by atoms with Crippen LogP contribution in [0, 0.1) is 6.92 Å². The Morgan fingerprint density at radius 2 is 1.57 bits per heavy atom. The SMILES string of the molecule is CCNc1cc2oc(-c3ccc(C)cc3)c(C(=O)NC)c2cc1-c1cccc(C(=O)NCC(C)(C)c2ccccc2)c1. The van der Waals surface area contributed by atoms with Crippen LogP contribution >= 0.6 is 0 Å². The summed E-state index contributed by atoms with van der Waals surface area (Å²) in [5, 5.41) is 10.0. The number of aryl methyl sites for hydroxylation is 1. The lowest BCUT2D eigenvalue weighted by Gasteiger charge is -2.25.